The maximum Gasteiger partial charge on any atom is 0.292 e. The average Bonchev–Trinajstić information content (AvgIpc) is 2.81. The molecule has 19 heavy (non-hydrogen) atoms. The average molecular weight is 284 g/mol. The Kier molecular flexibility index (Phi) is 4.61. The zero-order valence-electron chi connectivity index (χ0n) is 10.9. The number of nitrogens with one attached hydrogen (secondary N) is 1. The van der Waals surface area contributed by atoms with E-state index in [1.165, 1.54) is 25.0 Å². The number of hydrogen-bond donors (Lipinski definition) is 1. The summed E-state index contributed by atoms with van der Waals surface area (Å²) in [6, 6.07) is 4.74. The molecule has 6 heteroatoms. The Morgan fingerprint density at radius 1 is 1.47 bits per heavy atom. The van der Waals surface area contributed by atoms with E-state index < -0.39 is 0 Å². The summed E-state index contributed by atoms with van der Waals surface area (Å²) in [5, 5.41) is 14.7. The lowest BCUT2D eigenvalue weighted by Gasteiger charge is -2.22. The van der Waals surface area contributed by atoms with Crippen LogP contribution in [0.2, 0.25) is 5.02 Å². The second-order valence-corrected chi connectivity index (χ2v) is 5.41. The van der Waals surface area contributed by atoms with Gasteiger partial charge in [-0.25, -0.2) is 0 Å². The van der Waals surface area contributed by atoms with Gasteiger partial charge in [0.2, 0.25) is 0 Å². The van der Waals surface area contributed by atoms with Gasteiger partial charge in [-0.05, 0) is 45.0 Å². The first-order valence-electron chi connectivity index (χ1n) is 6.49. The van der Waals surface area contributed by atoms with Gasteiger partial charge in [-0.2, -0.15) is 0 Å². The quantitative estimate of drug-likeness (QED) is 0.666. The van der Waals surface area contributed by atoms with Crippen molar-refractivity contribution in [2.75, 3.05) is 25.0 Å². The molecule has 1 atom stereocenters. The second-order valence-electron chi connectivity index (χ2n) is 4.97. The summed E-state index contributed by atoms with van der Waals surface area (Å²) in [4.78, 5) is 13.0. The number of nitro benzene ring substituents is 1. The van der Waals surface area contributed by atoms with Crippen molar-refractivity contribution in [3.8, 4) is 0 Å². The minimum absolute atomic E-state index is 0.0673. The number of hydrogen-bond acceptors (Lipinski definition) is 4. The summed E-state index contributed by atoms with van der Waals surface area (Å²) < 4.78 is 0. The van der Waals surface area contributed by atoms with E-state index in [0.717, 1.165) is 19.6 Å². The molecule has 0 aromatic heterocycles. The zero-order chi connectivity index (χ0) is 13.8. The zero-order valence-corrected chi connectivity index (χ0v) is 11.7. The topological polar surface area (TPSA) is 58.4 Å². The van der Waals surface area contributed by atoms with Crippen molar-refractivity contribution in [1.29, 1.82) is 0 Å². The number of likely N-dealkylation sites (tertiary alicyclic amines) is 1. The summed E-state index contributed by atoms with van der Waals surface area (Å²) in [6.07, 6.45) is 2.48. The van der Waals surface area contributed by atoms with Crippen LogP contribution in [0.3, 0.4) is 0 Å². The Morgan fingerprint density at radius 2 is 2.16 bits per heavy atom. The molecule has 1 aliphatic heterocycles. The first-order chi connectivity index (χ1) is 9.06. The molecule has 0 spiro atoms. The highest BCUT2D eigenvalue weighted by atomic mass is 35.5. The van der Waals surface area contributed by atoms with E-state index in [2.05, 4.69) is 10.2 Å². The third-order valence-electron chi connectivity index (χ3n) is 3.29. The van der Waals surface area contributed by atoms with Crippen molar-refractivity contribution in [1.82, 2.24) is 4.90 Å². The fourth-order valence-corrected chi connectivity index (χ4v) is 2.62. The summed E-state index contributed by atoms with van der Waals surface area (Å²) in [6.45, 7) is 5.15. The van der Waals surface area contributed by atoms with E-state index in [1.807, 2.05) is 6.92 Å². The number of benzene rings is 1. The summed E-state index contributed by atoms with van der Waals surface area (Å²) in [5.41, 5.74) is 0.557. The number of rotatable bonds is 5. The summed E-state index contributed by atoms with van der Waals surface area (Å²) >= 11 is 5.90. The lowest BCUT2D eigenvalue weighted by Crippen LogP contribution is -2.33. The monoisotopic (exact) mass is 283 g/mol. The van der Waals surface area contributed by atoms with Crippen LogP contribution in [0, 0.1) is 10.1 Å². The molecule has 1 heterocycles. The van der Waals surface area contributed by atoms with Crippen molar-refractivity contribution < 1.29 is 4.92 Å². The lowest BCUT2D eigenvalue weighted by atomic mass is 10.2. The number of halogens is 1. The van der Waals surface area contributed by atoms with Crippen LogP contribution in [-0.2, 0) is 0 Å². The van der Waals surface area contributed by atoms with Crippen molar-refractivity contribution in [3.63, 3.8) is 0 Å². The molecule has 1 fully saturated rings. The number of anilines is 1. The standard InChI is InChI=1S/C13H18ClN3O2/c1-10(9-16-6-2-3-7-16)15-12-8-11(14)4-5-13(12)17(18)19/h4-5,8,10,15H,2-3,6-7,9H2,1H3. The fraction of sp³-hybridized carbons (Fsp3) is 0.538. The van der Waals surface area contributed by atoms with Gasteiger partial charge in [0, 0.05) is 23.7 Å². The van der Waals surface area contributed by atoms with Crippen molar-refractivity contribution in [2.24, 2.45) is 0 Å². The molecule has 0 saturated carbocycles. The van der Waals surface area contributed by atoms with Crippen molar-refractivity contribution in [3.05, 3.63) is 33.3 Å². The van der Waals surface area contributed by atoms with Crippen LogP contribution in [-0.4, -0.2) is 35.5 Å². The van der Waals surface area contributed by atoms with Crippen LogP contribution in [0.1, 0.15) is 19.8 Å². The molecule has 0 aliphatic carbocycles. The smallest absolute Gasteiger partial charge is 0.292 e. The van der Waals surface area contributed by atoms with E-state index in [1.54, 1.807) is 6.07 Å². The van der Waals surface area contributed by atoms with Gasteiger partial charge >= 0.3 is 0 Å². The second kappa shape index (κ2) is 6.21. The molecule has 0 radical (unpaired) electrons. The first-order valence-corrected chi connectivity index (χ1v) is 6.87. The molecular formula is C13H18ClN3O2. The molecule has 2 rings (SSSR count). The van der Waals surface area contributed by atoms with E-state index in [-0.39, 0.29) is 16.7 Å². The first kappa shape index (κ1) is 14.1. The molecule has 1 aromatic carbocycles. The van der Waals surface area contributed by atoms with Gasteiger partial charge < -0.3 is 10.2 Å². The Balaban J connectivity index is 2.04. The van der Waals surface area contributed by atoms with Crippen LogP contribution in [0.25, 0.3) is 0 Å². The molecule has 0 amide bonds. The molecule has 1 saturated heterocycles. The normalized spacial score (nSPS) is 17.4. The highest BCUT2D eigenvalue weighted by Gasteiger charge is 2.18. The highest BCUT2D eigenvalue weighted by molar-refractivity contribution is 6.31. The van der Waals surface area contributed by atoms with Gasteiger partial charge in [-0.3, -0.25) is 10.1 Å². The maximum atomic E-state index is 11.0. The van der Waals surface area contributed by atoms with E-state index >= 15 is 0 Å². The van der Waals surface area contributed by atoms with Gasteiger partial charge in [0.1, 0.15) is 5.69 Å². The van der Waals surface area contributed by atoms with E-state index in [4.69, 9.17) is 11.6 Å². The predicted molar refractivity (Wildman–Crippen MR) is 76.9 cm³/mol. The minimum Gasteiger partial charge on any atom is -0.376 e. The fourth-order valence-electron chi connectivity index (χ4n) is 2.45. The Morgan fingerprint density at radius 3 is 2.79 bits per heavy atom. The molecule has 104 valence electrons. The van der Waals surface area contributed by atoms with Gasteiger partial charge in [-0.1, -0.05) is 11.6 Å². The van der Waals surface area contributed by atoms with Crippen LogP contribution in [0.5, 0.6) is 0 Å². The van der Waals surface area contributed by atoms with Crippen LogP contribution < -0.4 is 5.32 Å². The van der Waals surface area contributed by atoms with Gasteiger partial charge in [0.25, 0.3) is 5.69 Å². The van der Waals surface area contributed by atoms with Gasteiger partial charge in [0.05, 0.1) is 4.92 Å². The molecule has 0 bridgehead atoms. The van der Waals surface area contributed by atoms with Gasteiger partial charge in [-0.15, -0.1) is 0 Å². The molecule has 1 aliphatic rings. The molecule has 1 N–H and O–H groups in total. The Bertz CT molecular complexity index is 461. The SMILES string of the molecule is CC(CN1CCCC1)Nc1cc(Cl)ccc1[N+](=O)[O-]. The highest BCUT2D eigenvalue weighted by Crippen LogP contribution is 2.28. The van der Waals surface area contributed by atoms with Crippen LogP contribution >= 0.6 is 11.6 Å². The van der Waals surface area contributed by atoms with E-state index in [0.29, 0.717) is 10.7 Å². The van der Waals surface area contributed by atoms with Crippen LogP contribution in [0.4, 0.5) is 11.4 Å². The Labute approximate surface area is 117 Å². The molecule has 1 unspecified atom stereocenters. The van der Waals surface area contributed by atoms with Gasteiger partial charge in [0.15, 0.2) is 0 Å². The number of nitro groups is 1. The maximum absolute atomic E-state index is 11.0. The molecule has 5 nitrogen and oxygen atoms in total. The third kappa shape index (κ3) is 3.81. The lowest BCUT2D eigenvalue weighted by molar-refractivity contribution is -0.384. The molecule has 1 aromatic rings. The van der Waals surface area contributed by atoms with E-state index in [9.17, 15) is 10.1 Å². The van der Waals surface area contributed by atoms with Crippen molar-refractivity contribution in [2.45, 2.75) is 25.8 Å². The van der Waals surface area contributed by atoms with Crippen molar-refractivity contribution >= 4 is 23.0 Å². The summed E-state index contributed by atoms with van der Waals surface area (Å²) in [5.74, 6) is 0. The largest absolute Gasteiger partial charge is 0.376 e. The van der Waals surface area contributed by atoms with Crippen LogP contribution in [0.15, 0.2) is 18.2 Å². The Hall–Kier alpha value is -1.33. The minimum atomic E-state index is -0.388. The predicted octanol–water partition coefficient (Wildman–Crippen LogP) is 3.14. The third-order valence-corrected chi connectivity index (χ3v) is 3.52. The molecular weight excluding hydrogens is 266 g/mol. The summed E-state index contributed by atoms with van der Waals surface area (Å²) in [7, 11) is 0. The number of nitrogens with zero attached hydrogens (tertiary/aromatic N) is 2.